The fourth-order valence-corrected chi connectivity index (χ4v) is 4.65. The lowest BCUT2D eigenvalue weighted by molar-refractivity contribution is 0.102. The molecule has 0 aliphatic heterocycles. The van der Waals surface area contributed by atoms with Gasteiger partial charge < -0.3 is 15.4 Å². The Morgan fingerprint density at radius 2 is 1.86 bits per heavy atom. The summed E-state index contributed by atoms with van der Waals surface area (Å²) in [5, 5.41) is 11.2. The molecule has 3 aromatic heterocycles. The highest BCUT2D eigenvalue weighted by molar-refractivity contribution is 7.98. The number of carbonyl (C=O) groups is 1. The van der Waals surface area contributed by atoms with Crippen molar-refractivity contribution in [1.29, 1.82) is 0 Å². The average Bonchev–Trinajstić information content (AvgIpc) is 3.50. The van der Waals surface area contributed by atoms with Gasteiger partial charge in [-0.15, -0.1) is 11.8 Å². The Balaban J connectivity index is 1.36. The summed E-state index contributed by atoms with van der Waals surface area (Å²) < 4.78 is 35.1. The number of amides is 1. The second-order valence-electron chi connectivity index (χ2n) is 7.40. The highest BCUT2D eigenvalue weighted by atomic mass is 32.2. The molecule has 2 aromatic carbocycles. The summed E-state index contributed by atoms with van der Waals surface area (Å²) in [6, 6.07) is 14.8. The van der Waals surface area contributed by atoms with Gasteiger partial charge in [-0.25, -0.2) is 23.4 Å². The molecule has 0 fully saturated rings. The van der Waals surface area contributed by atoms with Crippen LogP contribution in [0, 0.1) is 11.6 Å². The number of benzene rings is 2. The maximum atomic E-state index is 14.5. The number of pyridine rings is 1. The van der Waals surface area contributed by atoms with E-state index in [-0.39, 0.29) is 17.2 Å². The van der Waals surface area contributed by atoms with Crippen molar-refractivity contribution in [2.45, 2.75) is 5.03 Å². The van der Waals surface area contributed by atoms with Crippen LogP contribution in [0.3, 0.4) is 0 Å². The van der Waals surface area contributed by atoms with Crippen LogP contribution < -0.4 is 15.4 Å². The molecule has 5 aromatic rings. The lowest BCUT2D eigenvalue weighted by Crippen LogP contribution is -2.14. The lowest BCUT2D eigenvalue weighted by Gasteiger charge is -2.09. The highest BCUT2D eigenvalue weighted by Gasteiger charge is 2.18. The summed E-state index contributed by atoms with van der Waals surface area (Å²) in [4.78, 5) is 22.4. The van der Waals surface area contributed by atoms with Gasteiger partial charge in [-0.2, -0.15) is 5.10 Å². The third kappa shape index (κ3) is 4.86. The smallest absolute Gasteiger partial charge is 0.276 e. The summed E-state index contributed by atoms with van der Waals surface area (Å²) in [5.41, 5.74) is 1.32. The van der Waals surface area contributed by atoms with Gasteiger partial charge in [-0.1, -0.05) is 11.3 Å². The number of aromatic nitrogens is 4. The third-order valence-corrected chi connectivity index (χ3v) is 6.73. The SMILES string of the molecule is CNc1nc2ccc(Oc3ccc(F)c(NC(=O)c4cc(SC)n(-c5ccc(F)cc5)n4)c3)nc2s1. The second kappa shape index (κ2) is 9.91. The fraction of sp³-hybridized carbons (Fsp3) is 0.0833. The van der Waals surface area contributed by atoms with Gasteiger partial charge in [0.2, 0.25) is 5.88 Å². The van der Waals surface area contributed by atoms with E-state index in [2.05, 4.69) is 25.7 Å². The number of anilines is 2. The van der Waals surface area contributed by atoms with Gasteiger partial charge in [-0.3, -0.25) is 4.79 Å². The predicted molar refractivity (Wildman–Crippen MR) is 137 cm³/mol. The summed E-state index contributed by atoms with van der Waals surface area (Å²) in [7, 11) is 1.78. The van der Waals surface area contributed by atoms with Crippen molar-refractivity contribution in [2.75, 3.05) is 23.9 Å². The van der Waals surface area contributed by atoms with E-state index in [9.17, 15) is 13.6 Å². The molecule has 0 aliphatic carbocycles. The van der Waals surface area contributed by atoms with Crippen LogP contribution in [-0.2, 0) is 0 Å². The first kappa shape index (κ1) is 23.7. The standard InChI is InChI=1S/C24H18F2N6O2S2/c1-27-24-29-17-9-10-20(30-23(17)36-24)34-15-7-8-16(26)18(11-15)28-22(33)19-12-21(35-2)32(31-19)14-5-3-13(25)4-6-14/h3-12H,1-2H3,(H,27,29)(H,28,33). The van der Waals surface area contributed by atoms with E-state index in [1.54, 1.807) is 37.4 Å². The van der Waals surface area contributed by atoms with Crippen molar-refractivity contribution in [3.05, 3.63) is 78.0 Å². The van der Waals surface area contributed by atoms with Gasteiger partial charge in [0, 0.05) is 25.2 Å². The van der Waals surface area contributed by atoms with E-state index in [0.717, 1.165) is 10.6 Å². The van der Waals surface area contributed by atoms with Gasteiger partial charge in [0.1, 0.15) is 32.8 Å². The molecule has 0 saturated carbocycles. The molecule has 0 atom stereocenters. The molecule has 3 heterocycles. The minimum absolute atomic E-state index is 0.0733. The van der Waals surface area contributed by atoms with Gasteiger partial charge in [-0.05, 0) is 48.7 Å². The number of ether oxygens (including phenoxy) is 1. The molecule has 0 saturated heterocycles. The zero-order chi connectivity index (χ0) is 25.2. The Kier molecular flexibility index (Phi) is 6.53. The van der Waals surface area contributed by atoms with Crippen LogP contribution in [0.5, 0.6) is 11.6 Å². The zero-order valence-electron chi connectivity index (χ0n) is 19.0. The number of rotatable bonds is 7. The summed E-state index contributed by atoms with van der Waals surface area (Å²) in [5.74, 6) is -1.02. The number of halogens is 2. The molecule has 0 spiro atoms. The van der Waals surface area contributed by atoms with Crippen LogP contribution in [0.25, 0.3) is 16.0 Å². The van der Waals surface area contributed by atoms with Crippen LogP contribution in [0.15, 0.2) is 65.7 Å². The molecule has 36 heavy (non-hydrogen) atoms. The number of thiazole rings is 1. The van der Waals surface area contributed by atoms with Crippen LogP contribution in [0.2, 0.25) is 0 Å². The van der Waals surface area contributed by atoms with Crippen LogP contribution in [0.4, 0.5) is 19.6 Å². The van der Waals surface area contributed by atoms with Crippen molar-refractivity contribution in [1.82, 2.24) is 19.7 Å². The van der Waals surface area contributed by atoms with Crippen molar-refractivity contribution >= 4 is 50.2 Å². The molecule has 2 N–H and O–H groups in total. The van der Waals surface area contributed by atoms with E-state index in [1.807, 2.05) is 6.26 Å². The number of fused-ring (bicyclic) bond motifs is 1. The molecule has 182 valence electrons. The van der Waals surface area contributed by atoms with Crippen LogP contribution in [0.1, 0.15) is 10.5 Å². The molecular formula is C24H18F2N6O2S2. The number of nitrogens with zero attached hydrogens (tertiary/aromatic N) is 4. The molecule has 0 bridgehead atoms. The van der Waals surface area contributed by atoms with E-state index >= 15 is 0 Å². The van der Waals surface area contributed by atoms with Gasteiger partial charge in [0.05, 0.1) is 11.4 Å². The molecule has 1 amide bonds. The van der Waals surface area contributed by atoms with Gasteiger partial charge in [0.25, 0.3) is 5.91 Å². The molecule has 0 aliphatic rings. The Morgan fingerprint density at radius 3 is 2.61 bits per heavy atom. The third-order valence-electron chi connectivity index (χ3n) is 5.04. The van der Waals surface area contributed by atoms with Crippen molar-refractivity contribution in [3.63, 3.8) is 0 Å². The van der Waals surface area contributed by atoms with Gasteiger partial charge >= 0.3 is 0 Å². The molecular weight excluding hydrogens is 506 g/mol. The first-order chi connectivity index (χ1) is 17.4. The quantitative estimate of drug-likeness (QED) is 0.254. The molecule has 8 nitrogen and oxygen atoms in total. The Morgan fingerprint density at radius 1 is 1.06 bits per heavy atom. The Hall–Kier alpha value is -4.03. The highest BCUT2D eigenvalue weighted by Crippen LogP contribution is 2.30. The number of nitrogens with one attached hydrogen (secondary N) is 2. The number of carbonyl (C=O) groups excluding carboxylic acids is 1. The maximum Gasteiger partial charge on any atom is 0.276 e. The van der Waals surface area contributed by atoms with Gasteiger partial charge in [0.15, 0.2) is 10.8 Å². The van der Waals surface area contributed by atoms with E-state index in [1.165, 1.54) is 58.1 Å². The van der Waals surface area contributed by atoms with E-state index in [0.29, 0.717) is 27.2 Å². The van der Waals surface area contributed by atoms with E-state index in [4.69, 9.17) is 4.74 Å². The van der Waals surface area contributed by atoms with Crippen molar-refractivity contribution in [2.24, 2.45) is 0 Å². The summed E-state index contributed by atoms with van der Waals surface area (Å²) in [6.07, 6.45) is 1.83. The molecule has 12 heteroatoms. The molecule has 5 rings (SSSR count). The minimum atomic E-state index is -0.636. The summed E-state index contributed by atoms with van der Waals surface area (Å²) >= 11 is 2.75. The second-order valence-corrected chi connectivity index (χ2v) is 9.20. The fourth-order valence-electron chi connectivity index (χ4n) is 3.32. The lowest BCUT2D eigenvalue weighted by atomic mass is 10.2. The first-order valence-corrected chi connectivity index (χ1v) is 12.6. The Labute approximate surface area is 212 Å². The van der Waals surface area contributed by atoms with Crippen molar-refractivity contribution in [3.8, 4) is 17.3 Å². The van der Waals surface area contributed by atoms with Crippen LogP contribution >= 0.6 is 23.1 Å². The molecule has 0 unspecified atom stereocenters. The maximum absolute atomic E-state index is 14.5. The predicted octanol–water partition coefficient (Wildman–Crippen LogP) is 5.96. The zero-order valence-corrected chi connectivity index (χ0v) is 20.6. The number of hydrogen-bond donors (Lipinski definition) is 2. The minimum Gasteiger partial charge on any atom is -0.439 e. The van der Waals surface area contributed by atoms with Crippen LogP contribution in [-0.4, -0.2) is 39.0 Å². The normalized spacial score (nSPS) is 11.0. The largest absolute Gasteiger partial charge is 0.439 e. The summed E-state index contributed by atoms with van der Waals surface area (Å²) in [6.45, 7) is 0. The average molecular weight is 525 g/mol. The Bertz CT molecular complexity index is 1570. The number of hydrogen-bond acceptors (Lipinski definition) is 8. The topological polar surface area (TPSA) is 94.0 Å². The molecule has 0 radical (unpaired) electrons. The first-order valence-electron chi connectivity index (χ1n) is 10.6. The number of thioether (sulfide) groups is 1. The monoisotopic (exact) mass is 524 g/mol. The van der Waals surface area contributed by atoms with E-state index < -0.39 is 11.7 Å². The van der Waals surface area contributed by atoms with Crippen molar-refractivity contribution < 1.29 is 18.3 Å².